The Morgan fingerprint density at radius 3 is 3.07 bits per heavy atom. The van der Waals surface area contributed by atoms with Crippen LogP contribution in [0.5, 0.6) is 0 Å². The molecule has 1 aliphatic rings. The van der Waals surface area contributed by atoms with Crippen molar-refractivity contribution in [1.82, 2.24) is 15.1 Å². The zero-order valence-corrected chi connectivity index (χ0v) is 9.07. The molecule has 0 spiro atoms. The molecule has 0 radical (unpaired) electrons. The van der Waals surface area contributed by atoms with Crippen LogP contribution in [-0.4, -0.2) is 29.5 Å². The average molecular weight is 207 g/mol. The number of hydrogen-bond donors (Lipinski definition) is 1. The molecule has 15 heavy (non-hydrogen) atoms. The molecule has 4 nitrogen and oxygen atoms in total. The predicted molar refractivity (Wildman–Crippen MR) is 59.2 cm³/mol. The molecule has 1 saturated heterocycles. The molecule has 0 saturated carbocycles. The number of aromatic nitrogens is 2. The fourth-order valence-corrected chi connectivity index (χ4v) is 1.63. The van der Waals surface area contributed by atoms with Crippen molar-refractivity contribution in [3.8, 4) is 0 Å². The molecule has 0 atom stereocenters. The Labute approximate surface area is 89.9 Å². The maximum absolute atomic E-state index is 5.19. The largest absolute Gasteiger partial charge is 0.380 e. The highest BCUT2D eigenvalue weighted by Gasteiger charge is 2.32. The second kappa shape index (κ2) is 4.16. The van der Waals surface area contributed by atoms with Crippen LogP contribution >= 0.6 is 0 Å². The summed E-state index contributed by atoms with van der Waals surface area (Å²) in [5.41, 5.74) is 1.51. The van der Waals surface area contributed by atoms with Gasteiger partial charge in [0.25, 0.3) is 0 Å². The molecule has 1 N–H and O–H groups in total. The number of nitrogens with one attached hydrogen (secondary N) is 1. The van der Waals surface area contributed by atoms with Crippen LogP contribution in [0.15, 0.2) is 19.0 Å². The minimum Gasteiger partial charge on any atom is -0.380 e. The molecule has 0 amide bonds. The maximum Gasteiger partial charge on any atom is 0.0554 e. The van der Waals surface area contributed by atoms with Gasteiger partial charge < -0.3 is 10.1 Å². The van der Waals surface area contributed by atoms with Crippen molar-refractivity contribution < 1.29 is 4.74 Å². The first kappa shape index (κ1) is 10.4. The Morgan fingerprint density at radius 1 is 1.73 bits per heavy atom. The molecule has 1 fully saturated rings. The molecule has 82 valence electrons. The van der Waals surface area contributed by atoms with Crippen molar-refractivity contribution >= 4 is 6.20 Å². The Kier molecular flexibility index (Phi) is 2.88. The normalized spacial score (nSPS) is 18.5. The zero-order chi connectivity index (χ0) is 10.7. The zero-order valence-electron chi connectivity index (χ0n) is 9.07. The SMILES string of the molecule is C=Cn1cc(CNCC2(C)COC2)cn1. The second-order valence-corrected chi connectivity index (χ2v) is 4.42. The molecule has 1 aromatic heterocycles. The lowest BCUT2D eigenvalue weighted by molar-refractivity contribution is -0.0991. The Morgan fingerprint density at radius 2 is 2.53 bits per heavy atom. The molecule has 4 heteroatoms. The van der Waals surface area contributed by atoms with E-state index in [1.165, 1.54) is 5.56 Å². The van der Waals surface area contributed by atoms with Gasteiger partial charge in [-0.2, -0.15) is 5.10 Å². The van der Waals surface area contributed by atoms with Crippen LogP contribution in [0.2, 0.25) is 0 Å². The smallest absolute Gasteiger partial charge is 0.0554 e. The van der Waals surface area contributed by atoms with E-state index in [9.17, 15) is 0 Å². The lowest BCUT2D eigenvalue weighted by Gasteiger charge is -2.38. The number of rotatable bonds is 5. The van der Waals surface area contributed by atoms with Crippen LogP contribution in [0.1, 0.15) is 12.5 Å². The number of ether oxygens (including phenoxy) is 1. The summed E-state index contributed by atoms with van der Waals surface area (Å²) in [4.78, 5) is 0. The van der Waals surface area contributed by atoms with Gasteiger partial charge >= 0.3 is 0 Å². The third-order valence-corrected chi connectivity index (χ3v) is 2.62. The van der Waals surface area contributed by atoms with E-state index < -0.39 is 0 Å². The summed E-state index contributed by atoms with van der Waals surface area (Å²) < 4.78 is 6.91. The molecule has 1 aromatic rings. The van der Waals surface area contributed by atoms with E-state index in [0.29, 0.717) is 5.41 Å². The monoisotopic (exact) mass is 207 g/mol. The Hall–Kier alpha value is -1.13. The minimum absolute atomic E-state index is 0.328. The summed E-state index contributed by atoms with van der Waals surface area (Å²) in [6.45, 7) is 9.46. The first-order valence-corrected chi connectivity index (χ1v) is 5.16. The van der Waals surface area contributed by atoms with Crippen molar-refractivity contribution in [2.75, 3.05) is 19.8 Å². The van der Waals surface area contributed by atoms with Gasteiger partial charge in [0.15, 0.2) is 0 Å². The molecule has 0 bridgehead atoms. The molecule has 0 aliphatic carbocycles. The third kappa shape index (κ3) is 2.46. The van der Waals surface area contributed by atoms with Gasteiger partial charge in [0, 0.05) is 36.5 Å². The highest BCUT2D eigenvalue weighted by molar-refractivity contribution is 5.17. The molecule has 2 rings (SSSR count). The Balaban J connectivity index is 1.75. The fraction of sp³-hybridized carbons (Fsp3) is 0.545. The van der Waals surface area contributed by atoms with E-state index in [0.717, 1.165) is 26.3 Å². The van der Waals surface area contributed by atoms with Crippen molar-refractivity contribution in [3.63, 3.8) is 0 Å². The molecule has 1 aliphatic heterocycles. The van der Waals surface area contributed by atoms with Gasteiger partial charge in [-0.1, -0.05) is 13.5 Å². The molecule has 0 unspecified atom stereocenters. The number of nitrogens with zero attached hydrogens (tertiary/aromatic N) is 2. The van der Waals surface area contributed by atoms with Crippen molar-refractivity contribution in [3.05, 3.63) is 24.5 Å². The van der Waals surface area contributed by atoms with Crippen molar-refractivity contribution in [2.24, 2.45) is 5.41 Å². The summed E-state index contributed by atoms with van der Waals surface area (Å²) in [5, 5.41) is 7.53. The van der Waals surface area contributed by atoms with Crippen LogP contribution in [0.4, 0.5) is 0 Å². The van der Waals surface area contributed by atoms with E-state index in [2.05, 4.69) is 23.9 Å². The Bertz CT molecular complexity index is 341. The predicted octanol–water partition coefficient (Wildman–Crippen LogP) is 1.11. The summed E-state index contributed by atoms with van der Waals surface area (Å²) in [6.07, 6.45) is 5.51. The summed E-state index contributed by atoms with van der Waals surface area (Å²) >= 11 is 0. The van der Waals surface area contributed by atoms with Gasteiger partial charge in [-0.3, -0.25) is 0 Å². The molecule has 0 aromatic carbocycles. The van der Waals surface area contributed by atoms with Crippen LogP contribution < -0.4 is 5.32 Å². The van der Waals surface area contributed by atoms with Gasteiger partial charge in [-0.25, -0.2) is 4.68 Å². The van der Waals surface area contributed by atoms with E-state index in [-0.39, 0.29) is 0 Å². The van der Waals surface area contributed by atoms with Gasteiger partial charge in [-0.05, 0) is 0 Å². The van der Waals surface area contributed by atoms with Crippen LogP contribution in [0, 0.1) is 5.41 Å². The summed E-state index contributed by atoms with van der Waals surface area (Å²) in [5.74, 6) is 0. The molecular formula is C11H17N3O. The summed E-state index contributed by atoms with van der Waals surface area (Å²) in [6, 6.07) is 0. The van der Waals surface area contributed by atoms with Crippen LogP contribution in [0.25, 0.3) is 6.20 Å². The average Bonchev–Trinajstić information content (AvgIpc) is 2.63. The second-order valence-electron chi connectivity index (χ2n) is 4.42. The van der Waals surface area contributed by atoms with Crippen molar-refractivity contribution in [2.45, 2.75) is 13.5 Å². The van der Waals surface area contributed by atoms with Crippen LogP contribution in [-0.2, 0) is 11.3 Å². The summed E-state index contributed by atoms with van der Waals surface area (Å²) in [7, 11) is 0. The highest BCUT2D eigenvalue weighted by atomic mass is 16.5. The fourth-order valence-electron chi connectivity index (χ4n) is 1.63. The van der Waals surface area contributed by atoms with Crippen molar-refractivity contribution in [1.29, 1.82) is 0 Å². The lowest BCUT2D eigenvalue weighted by atomic mass is 9.89. The van der Waals surface area contributed by atoms with E-state index >= 15 is 0 Å². The third-order valence-electron chi connectivity index (χ3n) is 2.62. The minimum atomic E-state index is 0.328. The van der Waals surface area contributed by atoms with E-state index in [4.69, 9.17) is 4.74 Å². The first-order valence-electron chi connectivity index (χ1n) is 5.16. The van der Waals surface area contributed by atoms with Gasteiger partial charge in [0.05, 0.1) is 19.4 Å². The van der Waals surface area contributed by atoms with Gasteiger partial charge in [0.1, 0.15) is 0 Å². The van der Waals surface area contributed by atoms with Crippen LogP contribution in [0.3, 0.4) is 0 Å². The first-order chi connectivity index (χ1) is 7.22. The quantitative estimate of drug-likeness (QED) is 0.786. The molecular weight excluding hydrogens is 190 g/mol. The highest BCUT2D eigenvalue weighted by Crippen LogP contribution is 2.25. The lowest BCUT2D eigenvalue weighted by Crippen LogP contribution is -2.47. The maximum atomic E-state index is 5.19. The van der Waals surface area contributed by atoms with E-state index in [1.54, 1.807) is 10.9 Å². The van der Waals surface area contributed by atoms with E-state index in [1.807, 2.05) is 12.4 Å². The number of hydrogen-bond acceptors (Lipinski definition) is 3. The molecule has 2 heterocycles. The van der Waals surface area contributed by atoms with Gasteiger partial charge in [-0.15, -0.1) is 0 Å². The standard InChI is InChI=1S/C11H17N3O/c1-3-14-6-10(5-13-14)4-12-7-11(2)8-15-9-11/h3,5-6,12H,1,4,7-9H2,2H3. The topological polar surface area (TPSA) is 39.1 Å². The van der Waals surface area contributed by atoms with Gasteiger partial charge in [0.2, 0.25) is 0 Å².